The van der Waals surface area contributed by atoms with E-state index < -0.39 is 0 Å². The minimum atomic E-state index is 0.935. The van der Waals surface area contributed by atoms with Crippen LogP contribution < -0.4 is 5.32 Å². The SMILES string of the molecule is CC1CCN(CCCNCc2ccccc2Br)CC1. The van der Waals surface area contributed by atoms with Gasteiger partial charge in [0, 0.05) is 11.0 Å². The molecule has 0 atom stereocenters. The summed E-state index contributed by atoms with van der Waals surface area (Å²) in [5, 5.41) is 3.53. The molecule has 1 aliphatic rings. The van der Waals surface area contributed by atoms with Gasteiger partial charge in [-0.25, -0.2) is 0 Å². The molecule has 19 heavy (non-hydrogen) atoms. The third-order valence-electron chi connectivity index (χ3n) is 3.98. The second-order valence-corrected chi connectivity index (χ2v) is 6.50. The molecule has 0 saturated carbocycles. The van der Waals surface area contributed by atoms with E-state index in [4.69, 9.17) is 0 Å². The van der Waals surface area contributed by atoms with Crippen molar-refractivity contribution in [1.29, 1.82) is 0 Å². The molecule has 1 fully saturated rings. The van der Waals surface area contributed by atoms with E-state index in [-0.39, 0.29) is 0 Å². The Kier molecular flexibility index (Phi) is 6.35. The second kappa shape index (κ2) is 8.03. The maximum Gasteiger partial charge on any atom is 0.0220 e. The van der Waals surface area contributed by atoms with E-state index in [9.17, 15) is 0 Å². The van der Waals surface area contributed by atoms with Crippen molar-refractivity contribution in [2.75, 3.05) is 26.2 Å². The molecule has 106 valence electrons. The minimum absolute atomic E-state index is 0.935. The molecule has 0 unspecified atom stereocenters. The topological polar surface area (TPSA) is 15.3 Å². The number of piperidine rings is 1. The third-order valence-corrected chi connectivity index (χ3v) is 4.75. The largest absolute Gasteiger partial charge is 0.313 e. The zero-order valence-corrected chi connectivity index (χ0v) is 13.5. The molecule has 0 aliphatic carbocycles. The maximum absolute atomic E-state index is 3.59. The Morgan fingerprint density at radius 2 is 2.00 bits per heavy atom. The molecule has 2 rings (SSSR count). The van der Waals surface area contributed by atoms with Crippen molar-refractivity contribution in [2.24, 2.45) is 5.92 Å². The first-order chi connectivity index (χ1) is 9.25. The Labute approximate surface area is 125 Å². The summed E-state index contributed by atoms with van der Waals surface area (Å²) in [5.74, 6) is 0.935. The minimum Gasteiger partial charge on any atom is -0.313 e. The van der Waals surface area contributed by atoms with Gasteiger partial charge in [0.25, 0.3) is 0 Å². The van der Waals surface area contributed by atoms with E-state index in [2.05, 4.69) is 57.3 Å². The number of halogens is 1. The van der Waals surface area contributed by atoms with Crippen LogP contribution in [0.4, 0.5) is 0 Å². The van der Waals surface area contributed by atoms with Crippen molar-refractivity contribution in [3.8, 4) is 0 Å². The molecule has 0 radical (unpaired) electrons. The molecule has 1 heterocycles. The smallest absolute Gasteiger partial charge is 0.0220 e. The van der Waals surface area contributed by atoms with Gasteiger partial charge in [0.05, 0.1) is 0 Å². The first kappa shape index (κ1) is 15.0. The number of likely N-dealkylation sites (tertiary alicyclic amines) is 1. The Bertz CT molecular complexity index is 373. The van der Waals surface area contributed by atoms with Crippen LogP contribution in [0.15, 0.2) is 28.7 Å². The molecule has 2 nitrogen and oxygen atoms in total. The first-order valence-corrected chi connectivity index (χ1v) is 8.21. The van der Waals surface area contributed by atoms with Crippen LogP contribution in [0, 0.1) is 5.92 Å². The van der Waals surface area contributed by atoms with Crippen LogP contribution in [0.1, 0.15) is 31.7 Å². The predicted octanol–water partition coefficient (Wildman–Crippen LogP) is 3.66. The monoisotopic (exact) mass is 324 g/mol. The van der Waals surface area contributed by atoms with Gasteiger partial charge in [-0.2, -0.15) is 0 Å². The Hall–Kier alpha value is -0.380. The van der Waals surface area contributed by atoms with E-state index in [0.717, 1.165) is 19.0 Å². The van der Waals surface area contributed by atoms with Crippen LogP contribution >= 0.6 is 15.9 Å². The normalized spacial score (nSPS) is 17.8. The van der Waals surface area contributed by atoms with Crippen LogP contribution in [-0.4, -0.2) is 31.1 Å². The standard InChI is InChI=1S/C16H25BrN2/c1-14-7-11-19(12-8-14)10-4-9-18-13-15-5-2-3-6-16(15)17/h2-3,5-6,14,18H,4,7-13H2,1H3. The van der Waals surface area contributed by atoms with Crippen LogP contribution in [0.3, 0.4) is 0 Å². The van der Waals surface area contributed by atoms with Gasteiger partial charge in [0.1, 0.15) is 0 Å². The molecule has 1 aromatic rings. The highest BCUT2D eigenvalue weighted by atomic mass is 79.9. The molecular weight excluding hydrogens is 300 g/mol. The zero-order chi connectivity index (χ0) is 13.5. The first-order valence-electron chi connectivity index (χ1n) is 7.42. The van der Waals surface area contributed by atoms with E-state index in [1.165, 1.54) is 48.9 Å². The molecule has 3 heteroatoms. The fraction of sp³-hybridized carbons (Fsp3) is 0.625. The highest BCUT2D eigenvalue weighted by Crippen LogP contribution is 2.16. The lowest BCUT2D eigenvalue weighted by Gasteiger charge is -2.30. The van der Waals surface area contributed by atoms with E-state index in [1.807, 2.05) is 0 Å². The predicted molar refractivity (Wildman–Crippen MR) is 85.3 cm³/mol. The van der Waals surface area contributed by atoms with Gasteiger partial charge in [0.2, 0.25) is 0 Å². The summed E-state index contributed by atoms with van der Waals surface area (Å²) in [7, 11) is 0. The number of hydrogen-bond acceptors (Lipinski definition) is 2. The van der Waals surface area contributed by atoms with Crippen molar-refractivity contribution < 1.29 is 0 Å². The fourth-order valence-electron chi connectivity index (χ4n) is 2.58. The third kappa shape index (κ3) is 5.25. The highest BCUT2D eigenvalue weighted by molar-refractivity contribution is 9.10. The van der Waals surface area contributed by atoms with Crippen molar-refractivity contribution in [3.05, 3.63) is 34.3 Å². The number of hydrogen-bond donors (Lipinski definition) is 1. The number of benzene rings is 1. The molecule has 1 saturated heterocycles. The average molecular weight is 325 g/mol. The summed E-state index contributed by atoms with van der Waals surface area (Å²) in [6, 6.07) is 8.43. The molecule has 0 amide bonds. The molecule has 0 bridgehead atoms. The van der Waals surface area contributed by atoms with Crippen LogP contribution in [-0.2, 0) is 6.54 Å². The fourth-order valence-corrected chi connectivity index (χ4v) is 3.00. The summed E-state index contributed by atoms with van der Waals surface area (Å²) in [5.41, 5.74) is 1.34. The molecule has 1 aliphatic heterocycles. The number of nitrogens with one attached hydrogen (secondary N) is 1. The van der Waals surface area contributed by atoms with Gasteiger partial charge in [0.15, 0.2) is 0 Å². The molecule has 0 aromatic heterocycles. The van der Waals surface area contributed by atoms with E-state index in [1.54, 1.807) is 0 Å². The van der Waals surface area contributed by atoms with Crippen LogP contribution in [0.2, 0.25) is 0 Å². The summed E-state index contributed by atoms with van der Waals surface area (Å²) in [6.07, 6.45) is 4.01. The van der Waals surface area contributed by atoms with E-state index >= 15 is 0 Å². The van der Waals surface area contributed by atoms with Gasteiger partial charge < -0.3 is 10.2 Å². The van der Waals surface area contributed by atoms with Crippen molar-refractivity contribution in [2.45, 2.75) is 32.7 Å². The maximum atomic E-state index is 3.59. The lowest BCUT2D eigenvalue weighted by Crippen LogP contribution is -2.34. The van der Waals surface area contributed by atoms with Gasteiger partial charge in [-0.05, 0) is 63.0 Å². The van der Waals surface area contributed by atoms with Gasteiger partial charge in [-0.3, -0.25) is 0 Å². The van der Waals surface area contributed by atoms with Crippen molar-refractivity contribution in [3.63, 3.8) is 0 Å². The number of nitrogens with zero attached hydrogens (tertiary/aromatic N) is 1. The van der Waals surface area contributed by atoms with Gasteiger partial charge in [-0.1, -0.05) is 41.1 Å². The van der Waals surface area contributed by atoms with Gasteiger partial charge >= 0.3 is 0 Å². The molecule has 0 spiro atoms. The summed E-state index contributed by atoms with van der Waals surface area (Å²) in [4.78, 5) is 2.61. The highest BCUT2D eigenvalue weighted by Gasteiger charge is 2.14. The van der Waals surface area contributed by atoms with Crippen molar-refractivity contribution >= 4 is 15.9 Å². The Morgan fingerprint density at radius 1 is 1.26 bits per heavy atom. The summed E-state index contributed by atoms with van der Waals surface area (Å²) >= 11 is 3.59. The van der Waals surface area contributed by atoms with Crippen LogP contribution in [0.5, 0.6) is 0 Å². The quantitative estimate of drug-likeness (QED) is 0.803. The Balaban J connectivity index is 1.56. The summed E-state index contributed by atoms with van der Waals surface area (Å²) < 4.78 is 1.20. The lowest BCUT2D eigenvalue weighted by atomic mass is 9.99. The lowest BCUT2D eigenvalue weighted by molar-refractivity contribution is 0.190. The second-order valence-electron chi connectivity index (χ2n) is 5.65. The number of rotatable bonds is 6. The Morgan fingerprint density at radius 3 is 2.74 bits per heavy atom. The summed E-state index contributed by atoms with van der Waals surface area (Å²) in [6.45, 7) is 8.27. The zero-order valence-electron chi connectivity index (χ0n) is 11.9. The molecule has 1 N–H and O–H groups in total. The molecule has 1 aromatic carbocycles. The van der Waals surface area contributed by atoms with Gasteiger partial charge in [-0.15, -0.1) is 0 Å². The van der Waals surface area contributed by atoms with E-state index in [0.29, 0.717) is 0 Å². The molecular formula is C16H25BrN2. The van der Waals surface area contributed by atoms with Crippen molar-refractivity contribution in [1.82, 2.24) is 10.2 Å². The van der Waals surface area contributed by atoms with Crippen LogP contribution in [0.25, 0.3) is 0 Å². The average Bonchev–Trinajstić information content (AvgIpc) is 2.42.